The summed E-state index contributed by atoms with van der Waals surface area (Å²) in [6, 6.07) is 7.40. The normalized spacial score (nSPS) is 15.8. The number of non-ortho nitro benzene ring substituents is 1. The van der Waals surface area contributed by atoms with E-state index in [1.165, 1.54) is 16.4 Å². The van der Waals surface area contributed by atoms with Crippen LogP contribution in [-0.2, 0) is 14.8 Å². The number of rotatable bonds is 5. The highest BCUT2D eigenvalue weighted by atomic mass is 32.2. The van der Waals surface area contributed by atoms with Gasteiger partial charge >= 0.3 is 0 Å². The average molecular weight is 418 g/mol. The van der Waals surface area contributed by atoms with Crippen LogP contribution in [0.15, 0.2) is 41.4 Å². The molecule has 0 radical (unpaired) electrons. The van der Waals surface area contributed by atoms with Crippen molar-refractivity contribution in [2.24, 2.45) is 5.92 Å². The maximum Gasteiger partial charge on any atom is 0.270 e. The molecule has 154 valence electrons. The third-order valence-electron chi connectivity index (χ3n) is 4.99. The first-order valence-electron chi connectivity index (χ1n) is 9.17. The van der Waals surface area contributed by atoms with Gasteiger partial charge in [-0.05, 0) is 49.9 Å². The van der Waals surface area contributed by atoms with E-state index in [9.17, 15) is 23.3 Å². The highest BCUT2D eigenvalue weighted by molar-refractivity contribution is 7.89. The number of amides is 1. The van der Waals surface area contributed by atoms with Crippen LogP contribution in [-0.4, -0.2) is 41.6 Å². The molecule has 1 aromatic heterocycles. The van der Waals surface area contributed by atoms with E-state index in [-0.39, 0.29) is 35.5 Å². The van der Waals surface area contributed by atoms with E-state index >= 15 is 0 Å². The molecule has 1 amide bonds. The van der Waals surface area contributed by atoms with Crippen LogP contribution in [0, 0.1) is 29.9 Å². The van der Waals surface area contributed by atoms with Gasteiger partial charge in [0.15, 0.2) is 0 Å². The molecule has 3 rings (SSSR count). The molecule has 0 spiro atoms. The molecule has 1 fully saturated rings. The predicted molar refractivity (Wildman–Crippen MR) is 107 cm³/mol. The minimum atomic E-state index is -3.88. The van der Waals surface area contributed by atoms with Crippen LogP contribution >= 0.6 is 0 Å². The Hall–Kier alpha value is -2.85. The zero-order valence-electron chi connectivity index (χ0n) is 16.2. The summed E-state index contributed by atoms with van der Waals surface area (Å²) in [4.78, 5) is 26.9. The second-order valence-electron chi connectivity index (χ2n) is 7.09. The van der Waals surface area contributed by atoms with Crippen molar-refractivity contribution in [1.82, 2.24) is 9.29 Å². The molecule has 0 atom stereocenters. The highest BCUT2D eigenvalue weighted by Gasteiger charge is 2.33. The Balaban J connectivity index is 1.69. The molecular formula is C19H22N4O5S. The smallest absolute Gasteiger partial charge is 0.270 e. The lowest BCUT2D eigenvalue weighted by Gasteiger charge is -2.30. The van der Waals surface area contributed by atoms with Gasteiger partial charge in [-0.1, -0.05) is 6.07 Å². The van der Waals surface area contributed by atoms with Crippen molar-refractivity contribution in [2.75, 3.05) is 18.4 Å². The largest absolute Gasteiger partial charge is 0.310 e. The number of nitrogens with one attached hydrogen (secondary N) is 1. The van der Waals surface area contributed by atoms with Gasteiger partial charge in [-0.2, -0.15) is 4.31 Å². The number of hydrogen-bond acceptors (Lipinski definition) is 6. The van der Waals surface area contributed by atoms with Crippen LogP contribution in [0.25, 0.3) is 0 Å². The molecule has 29 heavy (non-hydrogen) atoms. The Labute approximate surface area is 169 Å². The number of sulfonamides is 1. The Kier molecular flexibility index (Phi) is 5.94. The molecule has 2 aromatic rings. The second-order valence-corrected chi connectivity index (χ2v) is 9.00. The molecule has 1 aliphatic heterocycles. The number of carbonyl (C=O) groups excluding carboxylic acids is 1. The van der Waals surface area contributed by atoms with Crippen LogP contribution in [0.3, 0.4) is 0 Å². The maximum atomic E-state index is 13.0. The highest BCUT2D eigenvalue weighted by Crippen LogP contribution is 2.28. The van der Waals surface area contributed by atoms with Gasteiger partial charge in [0, 0.05) is 37.3 Å². The molecule has 1 aliphatic rings. The van der Waals surface area contributed by atoms with Crippen LogP contribution in [0.4, 0.5) is 11.5 Å². The van der Waals surface area contributed by atoms with Gasteiger partial charge in [0.1, 0.15) is 5.82 Å². The lowest BCUT2D eigenvalue weighted by molar-refractivity contribution is -0.385. The number of nitrogens with zero attached hydrogens (tertiary/aromatic N) is 3. The Morgan fingerprint density at radius 2 is 1.90 bits per heavy atom. The van der Waals surface area contributed by atoms with Gasteiger partial charge in [-0.3, -0.25) is 14.9 Å². The van der Waals surface area contributed by atoms with E-state index in [4.69, 9.17) is 0 Å². The number of hydrogen-bond donors (Lipinski definition) is 1. The fourth-order valence-electron chi connectivity index (χ4n) is 3.31. The van der Waals surface area contributed by atoms with Crippen molar-refractivity contribution in [3.63, 3.8) is 0 Å². The number of pyridine rings is 1. The zero-order valence-corrected chi connectivity index (χ0v) is 17.0. The predicted octanol–water partition coefficient (Wildman–Crippen LogP) is 2.65. The summed E-state index contributed by atoms with van der Waals surface area (Å²) < 4.78 is 27.2. The summed E-state index contributed by atoms with van der Waals surface area (Å²) in [5.74, 6) is -0.0427. The number of nitro groups is 1. The minimum absolute atomic E-state index is 0.0708. The van der Waals surface area contributed by atoms with E-state index in [0.717, 1.165) is 11.6 Å². The molecule has 9 nitrogen and oxygen atoms in total. The SMILES string of the molecule is Cc1ccnc(NC(=O)C2CCN(S(=O)(=O)c3cc([N+](=O)[O-])ccc3C)CC2)c1. The minimum Gasteiger partial charge on any atom is -0.310 e. The summed E-state index contributed by atoms with van der Waals surface area (Å²) in [6.07, 6.45) is 2.34. The Morgan fingerprint density at radius 3 is 2.52 bits per heavy atom. The van der Waals surface area contributed by atoms with Gasteiger partial charge in [0.2, 0.25) is 15.9 Å². The third-order valence-corrected chi connectivity index (χ3v) is 7.03. The van der Waals surface area contributed by atoms with Crippen molar-refractivity contribution in [2.45, 2.75) is 31.6 Å². The Morgan fingerprint density at radius 1 is 1.21 bits per heavy atom. The number of aryl methyl sites for hydroxylation is 2. The van der Waals surface area contributed by atoms with E-state index in [0.29, 0.717) is 24.2 Å². The van der Waals surface area contributed by atoms with Gasteiger partial charge in [0.05, 0.1) is 9.82 Å². The fraction of sp³-hybridized carbons (Fsp3) is 0.368. The molecule has 1 aromatic carbocycles. The van der Waals surface area contributed by atoms with Crippen LogP contribution in [0.2, 0.25) is 0 Å². The molecule has 2 heterocycles. The van der Waals surface area contributed by atoms with Gasteiger partial charge in [-0.15, -0.1) is 0 Å². The monoisotopic (exact) mass is 418 g/mol. The van der Waals surface area contributed by atoms with Crippen LogP contribution in [0.1, 0.15) is 24.0 Å². The van der Waals surface area contributed by atoms with E-state index in [1.807, 2.05) is 13.0 Å². The van der Waals surface area contributed by atoms with E-state index < -0.39 is 14.9 Å². The van der Waals surface area contributed by atoms with Crippen LogP contribution < -0.4 is 5.32 Å². The number of piperidine rings is 1. The number of aromatic nitrogens is 1. The molecule has 1 saturated heterocycles. The Bertz CT molecular complexity index is 1050. The van der Waals surface area contributed by atoms with Crippen molar-refractivity contribution in [1.29, 1.82) is 0 Å². The molecular weight excluding hydrogens is 396 g/mol. The topological polar surface area (TPSA) is 123 Å². The zero-order chi connectivity index (χ0) is 21.2. The van der Waals surface area contributed by atoms with Gasteiger partial charge < -0.3 is 5.32 Å². The summed E-state index contributed by atoms with van der Waals surface area (Å²) in [6.45, 7) is 3.84. The van der Waals surface area contributed by atoms with Gasteiger partial charge in [-0.25, -0.2) is 13.4 Å². The summed E-state index contributed by atoms with van der Waals surface area (Å²) in [5.41, 5.74) is 1.15. The maximum absolute atomic E-state index is 13.0. The van der Waals surface area contributed by atoms with Crippen LogP contribution in [0.5, 0.6) is 0 Å². The molecule has 0 aliphatic carbocycles. The summed E-state index contributed by atoms with van der Waals surface area (Å²) in [5, 5.41) is 13.8. The second kappa shape index (κ2) is 8.26. The molecule has 0 saturated carbocycles. The number of benzene rings is 1. The standard InChI is InChI=1S/C19H22N4O5S/c1-13-5-8-20-18(11-13)21-19(24)15-6-9-22(10-7-15)29(27,28)17-12-16(23(25)26)4-3-14(17)2/h3-5,8,11-12,15H,6-7,9-10H2,1-2H3,(H,20,21,24). The lowest BCUT2D eigenvalue weighted by Crippen LogP contribution is -2.41. The molecule has 0 unspecified atom stereocenters. The van der Waals surface area contributed by atoms with Crippen molar-refractivity contribution in [3.8, 4) is 0 Å². The number of anilines is 1. The van der Waals surface area contributed by atoms with Crippen molar-refractivity contribution >= 4 is 27.4 Å². The van der Waals surface area contributed by atoms with Gasteiger partial charge in [0.25, 0.3) is 5.69 Å². The number of carbonyl (C=O) groups is 1. The first-order valence-corrected chi connectivity index (χ1v) is 10.6. The first kappa shape index (κ1) is 20.9. The first-order chi connectivity index (χ1) is 13.7. The fourth-order valence-corrected chi connectivity index (χ4v) is 5.02. The quantitative estimate of drug-likeness (QED) is 0.588. The van der Waals surface area contributed by atoms with E-state index in [2.05, 4.69) is 10.3 Å². The van der Waals surface area contributed by atoms with E-state index in [1.54, 1.807) is 19.2 Å². The average Bonchev–Trinajstić information content (AvgIpc) is 2.68. The molecule has 10 heteroatoms. The lowest BCUT2D eigenvalue weighted by atomic mass is 9.97. The van der Waals surface area contributed by atoms with Crippen molar-refractivity contribution in [3.05, 3.63) is 57.8 Å². The molecule has 1 N–H and O–H groups in total. The van der Waals surface area contributed by atoms with Crippen molar-refractivity contribution < 1.29 is 18.1 Å². The third kappa shape index (κ3) is 4.60. The summed E-state index contributed by atoms with van der Waals surface area (Å²) >= 11 is 0. The number of nitro benzene ring substituents is 1. The molecule has 0 bridgehead atoms. The summed E-state index contributed by atoms with van der Waals surface area (Å²) in [7, 11) is -3.88.